The van der Waals surface area contributed by atoms with E-state index in [1.807, 2.05) is 30.3 Å². The maximum Gasteiger partial charge on any atom is 0.223 e. The standard InChI is InChI=1S/C24H25ClN4O/c1-16(30)27-20-10-12-21(13-11-20)28-24-26-15-22(25)23(29-24)19-9-5-8-18(14-19)17-6-3-2-4-7-17/h2-9,14-15,20-21H,10-13H2,1H3,(H,27,30)(H,26,28,29). The number of benzene rings is 2. The summed E-state index contributed by atoms with van der Waals surface area (Å²) in [6, 6.07) is 19.0. The summed E-state index contributed by atoms with van der Waals surface area (Å²) < 4.78 is 0. The van der Waals surface area contributed by atoms with Gasteiger partial charge in [-0.15, -0.1) is 0 Å². The Morgan fingerprint density at radius 2 is 1.60 bits per heavy atom. The molecule has 5 nitrogen and oxygen atoms in total. The summed E-state index contributed by atoms with van der Waals surface area (Å²) in [4.78, 5) is 20.3. The van der Waals surface area contributed by atoms with E-state index in [4.69, 9.17) is 16.6 Å². The Bertz CT molecular complexity index is 1020. The van der Waals surface area contributed by atoms with Crippen LogP contribution >= 0.6 is 11.6 Å². The normalized spacial score (nSPS) is 18.6. The maximum atomic E-state index is 11.2. The summed E-state index contributed by atoms with van der Waals surface area (Å²) in [5.74, 6) is 0.623. The van der Waals surface area contributed by atoms with E-state index >= 15 is 0 Å². The maximum absolute atomic E-state index is 11.2. The molecule has 0 bridgehead atoms. The van der Waals surface area contributed by atoms with Crippen molar-refractivity contribution in [3.8, 4) is 22.4 Å². The Morgan fingerprint density at radius 1 is 0.933 bits per heavy atom. The van der Waals surface area contributed by atoms with Crippen molar-refractivity contribution in [1.82, 2.24) is 15.3 Å². The minimum Gasteiger partial charge on any atom is -0.354 e. The van der Waals surface area contributed by atoms with Gasteiger partial charge in [-0.1, -0.05) is 60.1 Å². The van der Waals surface area contributed by atoms with E-state index in [9.17, 15) is 4.79 Å². The lowest BCUT2D eigenvalue weighted by Gasteiger charge is -2.29. The minimum atomic E-state index is 0.0369. The Labute approximate surface area is 181 Å². The van der Waals surface area contributed by atoms with E-state index in [0.29, 0.717) is 17.0 Å². The fraction of sp³-hybridized carbons (Fsp3) is 0.292. The number of carbonyl (C=O) groups is 1. The van der Waals surface area contributed by atoms with Crippen LogP contribution in [0.2, 0.25) is 5.02 Å². The Hall–Kier alpha value is -2.92. The van der Waals surface area contributed by atoms with E-state index < -0.39 is 0 Å². The molecule has 2 aromatic carbocycles. The zero-order valence-corrected chi connectivity index (χ0v) is 17.7. The second-order valence-electron chi connectivity index (χ2n) is 7.73. The third-order valence-corrected chi connectivity index (χ3v) is 5.73. The fourth-order valence-electron chi connectivity index (χ4n) is 3.97. The van der Waals surface area contributed by atoms with Crippen LogP contribution in [-0.2, 0) is 4.79 Å². The fourth-order valence-corrected chi connectivity index (χ4v) is 4.17. The first kappa shape index (κ1) is 20.4. The van der Waals surface area contributed by atoms with Gasteiger partial charge in [-0.05, 0) is 42.9 Å². The van der Waals surface area contributed by atoms with E-state index in [2.05, 4.69) is 39.9 Å². The molecule has 2 N–H and O–H groups in total. The largest absolute Gasteiger partial charge is 0.354 e. The van der Waals surface area contributed by atoms with E-state index in [0.717, 1.165) is 48.1 Å². The highest BCUT2D eigenvalue weighted by Crippen LogP contribution is 2.30. The number of anilines is 1. The van der Waals surface area contributed by atoms with Crippen LogP contribution < -0.4 is 10.6 Å². The van der Waals surface area contributed by atoms with E-state index in [1.165, 1.54) is 0 Å². The average Bonchev–Trinajstić information content (AvgIpc) is 2.77. The Kier molecular flexibility index (Phi) is 6.29. The molecule has 0 unspecified atom stereocenters. The molecule has 6 heteroatoms. The van der Waals surface area contributed by atoms with Crippen molar-refractivity contribution in [1.29, 1.82) is 0 Å². The summed E-state index contributed by atoms with van der Waals surface area (Å²) >= 11 is 6.45. The van der Waals surface area contributed by atoms with Gasteiger partial charge in [0.1, 0.15) is 0 Å². The third-order valence-electron chi connectivity index (χ3n) is 5.46. The van der Waals surface area contributed by atoms with Crippen LogP contribution in [0, 0.1) is 0 Å². The van der Waals surface area contributed by atoms with Gasteiger partial charge in [0.05, 0.1) is 16.9 Å². The lowest BCUT2D eigenvalue weighted by molar-refractivity contribution is -0.119. The summed E-state index contributed by atoms with van der Waals surface area (Å²) in [7, 11) is 0. The van der Waals surface area contributed by atoms with Crippen LogP contribution in [-0.4, -0.2) is 28.0 Å². The first-order chi connectivity index (χ1) is 14.6. The summed E-state index contributed by atoms with van der Waals surface area (Å²) in [5, 5.41) is 6.98. The quantitative estimate of drug-likeness (QED) is 0.586. The van der Waals surface area contributed by atoms with Gasteiger partial charge in [0.2, 0.25) is 11.9 Å². The summed E-state index contributed by atoms with van der Waals surface area (Å²) in [6.45, 7) is 1.57. The van der Waals surface area contributed by atoms with Crippen molar-refractivity contribution in [2.75, 3.05) is 5.32 Å². The number of halogens is 1. The van der Waals surface area contributed by atoms with Crippen molar-refractivity contribution < 1.29 is 4.79 Å². The molecule has 154 valence electrons. The first-order valence-corrected chi connectivity index (χ1v) is 10.7. The highest BCUT2D eigenvalue weighted by atomic mass is 35.5. The molecule has 0 atom stereocenters. The number of aromatic nitrogens is 2. The average molecular weight is 421 g/mol. The van der Waals surface area contributed by atoms with Gasteiger partial charge >= 0.3 is 0 Å². The zero-order valence-electron chi connectivity index (χ0n) is 16.9. The number of nitrogens with zero attached hydrogens (tertiary/aromatic N) is 2. The summed E-state index contributed by atoms with van der Waals surface area (Å²) in [5.41, 5.74) is 3.95. The van der Waals surface area contributed by atoms with Crippen LogP contribution in [0.3, 0.4) is 0 Å². The van der Waals surface area contributed by atoms with Crippen LogP contribution in [0.4, 0.5) is 5.95 Å². The molecule has 30 heavy (non-hydrogen) atoms. The highest BCUT2D eigenvalue weighted by Gasteiger charge is 2.22. The number of hydrogen-bond acceptors (Lipinski definition) is 4. The third kappa shape index (κ3) is 4.97. The SMILES string of the molecule is CC(=O)NC1CCC(Nc2ncc(Cl)c(-c3cccc(-c4ccccc4)c3)n2)CC1. The minimum absolute atomic E-state index is 0.0369. The number of nitrogens with one attached hydrogen (secondary N) is 2. The van der Waals surface area contributed by atoms with Crippen LogP contribution in [0.1, 0.15) is 32.6 Å². The number of amides is 1. The molecular weight excluding hydrogens is 396 g/mol. The van der Waals surface area contributed by atoms with Gasteiger partial charge in [0.25, 0.3) is 0 Å². The zero-order chi connectivity index (χ0) is 20.9. The molecule has 0 saturated heterocycles. The Balaban J connectivity index is 1.50. The molecule has 1 amide bonds. The first-order valence-electron chi connectivity index (χ1n) is 10.3. The predicted octanol–water partition coefficient (Wildman–Crippen LogP) is 5.32. The monoisotopic (exact) mass is 420 g/mol. The molecule has 4 rings (SSSR count). The molecule has 1 aromatic heterocycles. The summed E-state index contributed by atoms with van der Waals surface area (Å²) in [6.07, 6.45) is 5.50. The molecule has 1 saturated carbocycles. The van der Waals surface area contributed by atoms with Crippen molar-refractivity contribution >= 4 is 23.5 Å². The van der Waals surface area contributed by atoms with Gasteiger partial charge in [-0.25, -0.2) is 9.97 Å². The van der Waals surface area contributed by atoms with Gasteiger partial charge in [-0.3, -0.25) is 4.79 Å². The smallest absolute Gasteiger partial charge is 0.223 e. The van der Waals surface area contributed by atoms with Gasteiger partial charge in [0, 0.05) is 24.6 Å². The second kappa shape index (κ2) is 9.26. The van der Waals surface area contributed by atoms with Gasteiger partial charge in [0.15, 0.2) is 0 Å². The number of hydrogen-bond donors (Lipinski definition) is 2. The molecule has 3 aromatic rings. The topological polar surface area (TPSA) is 66.9 Å². The van der Waals surface area contributed by atoms with Crippen molar-refractivity contribution in [3.63, 3.8) is 0 Å². The number of carbonyl (C=O) groups excluding carboxylic acids is 1. The van der Waals surface area contributed by atoms with Crippen molar-refractivity contribution in [3.05, 3.63) is 65.8 Å². The van der Waals surface area contributed by atoms with Crippen molar-refractivity contribution in [2.45, 2.75) is 44.7 Å². The Morgan fingerprint density at radius 3 is 2.33 bits per heavy atom. The molecular formula is C24H25ClN4O. The predicted molar refractivity (Wildman–Crippen MR) is 121 cm³/mol. The van der Waals surface area contributed by atoms with Gasteiger partial charge in [-0.2, -0.15) is 0 Å². The molecule has 0 spiro atoms. The second-order valence-corrected chi connectivity index (χ2v) is 8.14. The molecule has 1 aliphatic carbocycles. The lowest BCUT2D eigenvalue weighted by Crippen LogP contribution is -2.39. The highest BCUT2D eigenvalue weighted by molar-refractivity contribution is 6.32. The van der Waals surface area contributed by atoms with Crippen molar-refractivity contribution in [2.24, 2.45) is 0 Å². The van der Waals surface area contributed by atoms with E-state index in [1.54, 1.807) is 13.1 Å². The van der Waals surface area contributed by atoms with Gasteiger partial charge < -0.3 is 10.6 Å². The number of rotatable bonds is 5. The lowest BCUT2D eigenvalue weighted by atomic mass is 9.91. The molecule has 1 heterocycles. The molecule has 1 aliphatic rings. The van der Waals surface area contributed by atoms with Crippen LogP contribution in [0.5, 0.6) is 0 Å². The van der Waals surface area contributed by atoms with Crippen LogP contribution in [0.15, 0.2) is 60.8 Å². The molecule has 0 aliphatic heterocycles. The molecule has 0 radical (unpaired) electrons. The van der Waals surface area contributed by atoms with Crippen LogP contribution in [0.25, 0.3) is 22.4 Å². The van der Waals surface area contributed by atoms with E-state index in [-0.39, 0.29) is 11.9 Å². The molecule has 1 fully saturated rings.